The van der Waals surface area contributed by atoms with Gasteiger partial charge in [-0.1, -0.05) is 77.3 Å². The second-order valence-electron chi connectivity index (χ2n) is 13.0. The molecule has 4 aliphatic rings. The number of ketones is 1. The van der Waals surface area contributed by atoms with Crippen LogP contribution in [-0.4, -0.2) is 62.6 Å². The average Bonchev–Trinajstić information content (AvgIpc) is 3.33. The Hall–Kier alpha value is -2.55. The summed E-state index contributed by atoms with van der Waals surface area (Å²) in [5.74, 6) is -4.73. The summed E-state index contributed by atoms with van der Waals surface area (Å²) in [7, 11) is 0. The lowest BCUT2D eigenvalue weighted by Crippen LogP contribution is -2.66. The Morgan fingerprint density at radius 2 is 1.83 bits per heavy atom. The van der Waals surface area contributed by atoms with E-state index in [1.165, 1.54) is 25.8 Å². The van der Waals surface area contributed by atoms with Gasteiger partial charge in [0.25, 0.3) is 0 Å². The normalized spacial score (nSPS) is 39.0. The first-order chi connectivity index (χ1) is 19.2. The predicted molar refractivity (Wildman–Crippen MR) is 153 cm³/mol. The third kappa shape index (κ3) is 4.86. The molecule has 4 aliphatic carbocycles. The molecule has 0 radical (unpaired) electrons. The van der Waals surface area contributed by atoms with Crippen LogP contribution in [0.25, 0.3) is 0 Å². The Morgan fingerprint density at radius 1 is 1.12 bits per heavy atom. The number of hydrogen-bond acceptors (Lipinski definition) is 8. The molecule has 0 heterocycles. The molecule has 0 spiro atoms. The Kier molecular flexibility index (Phi) is 8.63. The van der Waals surface area contributed by atoms with E-state index in [-0.39, 0.29) is 6.42 Å². The lowest BCUT2D eigenvalue weighted by atomic mass is 9.59. The highest BCUT2D eigenvalue weighted by Gasteiger charge is 2.87. The summed E-state index contributed by atoms with van der Waals surface area (Å²) in [6.07, 6.45) is 14.4. The molecule has 8 heteroatoms. The third-order valence-corrected chi connectivity index (χ3v) is 10.2. The van der Waals surface area contributed by atoms with Crippen molar-refractivity contribution < 1.29 is 39.2 Å². The molecule has 8 atom stereocenters. The summed E-state index contributed by atoms with van der Waals surface area (Å²) >= 11 is 0. The lowest BCUT2D eigenvalue weighted by Gasteiger charge is -2.53. The van der Waals surface area contributed by atoms with Crippen LogP contribution in [0, 0.1) is 29.1 Å². The fraction of sp³-hybridized carbons (Fsp3) is 0.667. The average molecular weight is 571 g/mol. The topological polar surface area (TPSA) is 130 Å². The maximum absolute atomic E-state index is 13.2. The van der Waals surface area contributed by atoms with E-state index in [4.69, 9.17) is 9.47 Å². The van der Waals surface area contributed by atoms with Crippen LogP contribution in [0.2, 0.25) is 0 Å². The molecule has 0 saturated heterocycles. The highest BCUT2D eigenvalue weighted by molar-refractivity contribution is 6.04. The molecule has 0 unspecified atom stereocenters. The number of esters is 2. The van der Waals surface area contributed by atoms with Gasteiger partial charge in [-0.15, -0.1) is 0 Å². The fourth-order valence-electron chi connectivity index (χ4n) is 8.22. The quantitative estimate of drug-likeness (QED) is 0.118. The minimum atomic E-state index is -1.95. The number of unbranched alkanes of at least 4 members (excludes halogenated alkanes) is 4. The second kappa shape index (κ2) is 11.3. The van der Waals surface area contributed by atoms with Gasteiger partial charge < -0.3 is 24.8 Å². The molecule has 0 aromatic carbocycles. The molecule has 4 rings (SSSR count). The monoisotopic (exact) mass is 570 g/mol. The summed E-state index contributed by atoms with van der Waals surface area (Å²) in [5.41, 5.74) is -4.89. The van der Waals surface area contributed by atoms with Crippen LogP contribution in [-0.2, 0) is 23.9 Å². The maximum atomic E-state index is 13.2. The molecule has 0 amide bonds. The molecule has 0 bridgehead atoms. The molecular formula is C33H46O8. The Balaban J connectivity index is 1.71. The van der Waals surface area contributed by atoms with Crippen molar-refractivity contribution in [1.29, 1.82) is 0 Å². The van der Waals surface area contributed by atoms with Gasteiger partial charge in [0.1, 0.15) is 11.7 Å². The lowest BCUT2D eigenvalue weighted by molar-refractivity contribution is -0.226. The minimum absolute atomic E-state index is 0.127. The van der Waals surface area contributed by atoms with Crippen molar-refractivity contribution in [1.82, 2.24) is 0 Å². The predicted octanol–water partition coefficient (Wildman–Crippen LogP) is 4.13. The SMILES string of the molecule is CCCCCCC=CC=CC(=O)O[C@@H]1[C@@H](C)[C@@]2(O)[C@@H](C=C(CO)C[C@]3(O)C(=O)C(C)=C[C@@H]23)[C@@H]2C(C)(C)[C@]12OC(C)=O. The molecule has 3 N–H and O–H groups in total. The van der Waals surface area contributed by atoms with Gasteiger partial charge in [-0.05, 0) is 30.9 Å². The van der Waals surface area contributed by atoms with Crippen LogP contribution in [0.3, 0.4) is 0 Å². The highest BCUT2D eigenvalue weighted by atomic mass is 16.6. The van der Waals surface area contributed by atoms with Crippen molar-refractivity contribution in [2.24, 2.45) is 29.1 Å². The van der Waals surface area contributed by atoms with Crippen molar-refractivity contribution in [3.05, 3.63) is 47.6 Å². The first-order valence-corrected chi connectivity index (χ1v) is 14.9. The molecule has 0 aliphatic heterocycles. The fourth-order valence-corrected chi connectivity index (χ4v) is 8.22. The summed E-state index contributed by atoms with van der Waals surface area (Å²) in [6, 6.07) is 0. The third-order valence-electron chi connectivity index (χ3n) is 10.2. The van der Waals surface area contributed by atoms with Gasteiger partial charge in [-0.25, -0.2) is 4.79 Å². The van der Waals surface area contributed by atoms with Crippen LogP contribution in [0.5, 0.6) is 0 Å². The standard InChI is InChI=1S/C33H46O8/c1-7-8-9-10-11-12-13-14-15-26(36)40-29-21(3)32(39)24(27-30(5,6)33(27,29)41-22(4)35)17-23(19-34)18-31(38)25(32)16-20(2)28(31)37/h12-17,21,24-25,27,29,34,38-39H,7-11,18-19H2,1-6H3/t21-,24+,25-,27-,29-,31-,32-,33-/m1/s1. The number of ether oxygens (including phenoxy) is 2. The van der Waals surface area contributed by atoms with E-state index in [2.05, 4.69) is 6.92 Å². The van der Waals surface area contributed by atoms with Crippen LogP contribution in [0.4, 0.5) is 0 Å². The van der Waals surface area contributed by atoms with Crippen LogP contribution >= 0.6 is 0 Å². The minimum Gasteiger partial charge on any atom is -0.455 e. The molecular weight excluding hydrogens is 524 g/mol. The molecule has 2 saturated carbocycles. The zero-order chi connectivity index (χ0) is 30.4. The van der Waals surface area contributed by atoms with Crippen molar-refractivity contribution in [2.45, 2.75) is 103 Å². The molecule has 41 heavy (non-hydrogen) atoms. The van der Waals surface area contributed by atoms with E-state index < -0.39 is 76.3 Å². The number of aliphatic hydroxyl groups excluding tert-OH is 1. The van der Waals surface area contributed by atoms with Crippen molar-refractivity contribution in [3.8, 4) is 0 Å². The summed E-state index contributed by atoms with van der Waals surface area (Å²) in [4.78, 5) is 38.8. The van der Waals surface area contributed by atoms with E-state index in [9.17, 15) is 29.7 Å². The number of fused-ring (bicyclic) bond motifs is 5. The number of carbonyl (C=O) groups excluding carboxylic acids is 3. The van der Waals surface area contributed by atoms with E-state index in [1.54, 1.807) is 38.2 Å². The van der Waals surface area contributed by atoms with Crippen molar-refractivity contribution >= 4 is 17.7 Å². The number of Topliss-reactive ketones (excluding diaryl/α,β-unsaturated/α-hetero) is 1. The van der Waals surface area contributed by atoms with Gasteiger partial charge in [0.05, 0.1) is 12.2 Å². The molecule has 8 nitrogen and oxygen atoms in total. The number of rotatable bonds is 10. The van der Waals surface area contributed by atoms with E-state index in [0.717, 1.165) is 19.3 Å². The van der Waals surface area contributed by atoms with Crippen molar-refractivity contribution in [3.63, 3.8) is 0 Å². The zero-order valence-electron chi connectivity index (χ0n) is 25.2. The second-order valence-corrected chi connectivity index (χ2v) is 13.0. The van der Waals surface area contributed by atoms with Gasteiger partial charge >= 0.3 is 11.9 Å². The molecule has 226 valence electrons. The number of aliphatic hydroxyl groups is 3. The van der Waals surface area contributed by atoms with Gasteiger partial charge in [-0.2, -0.15) is 0 Å². The summed E-state index contributed by atoms with van der Waals surface area (Å²) in [6.45, 7) is 10.2. The van der Waals surface area contributed by atoms with Gasteiger partial charge in [0.15, 0.2) is 11.4 Å². The molecule has 0 aromatic rings. The number of hydrogen-bond donors (Lipinski definition) is 3. The van der Waals surface area contributed by atoms with Crippen molar-refractivity contribution in [2.75, 3.05) is 6.61 Å². The molecule has 2 fully saturated rings. The van der Waals surface area contributed by atoms with E-state index in [0.29, 0.717) is 11.1 Å². The first-order valence-electron chi connectivity index (χ1n) is 14.9. The van der Waals surface area contributed by atoms with Gasteiger partial charge in [0, 0.05) is 48.5 Å². The van der Waals surface area contributed by atoms with E-state index >= 15 is 0 Å². The number of allylic oxidation sites excluding steroid dienone is 3. The Bertz CT molecular complexity index is 1190. The Morgan fingerprint density at radius 3 is 2.46 bits per heavy atom. The van der Waals surface area contributed by atoms with E-state index in [1.807, 2.05) is 19.9 Å². The first kappa shape index (κ1) is 31.4. The van der Waals surface area contributed by atoms with Crippen LogP contribution < -0.4 is 0 Å². The van der Waals surface area contributed by atoms with Gasteiger partial charge in [0.2, 0.25) is 0 Å². The maximum Gasteiger partial charge on any atom is 0.331 e. The Labute approximate surface area is 243 Å². The van der Waals surface area contributed by atoms with Crippen LogP contribution in [0.15, 0.2) is 47.6 Å². The number of carbonyl (C=O) groups is 3. The molecule has 0 aromatic heterocycles. The summed E-state index contributed by atoms with van der Waals surface area (Å²) < 4.78 is 12.1. The van der Waals surface area contributed by atoms with Gasteiger partial charge in [-0.3, -0.25) is 9.59 Å². The highest BCUT2D eigenvalue weighted by Crippen LogP contribution is 2.77. The van der Waals surface area contributed by atoms with Crippen LogP contribution in [0.1, 0.15) is 80.1 Å². The smallest absolute Gasteiger partial charge is 0.331 e. The largest absolute Gasteiger partial charge is 0.455 e. The summed E-state index contributed by atoms with van der Waals surface area (Å²) in [5, 5.41) is 34.6. The zero-order valence-corrected chi connectivity index (χ0v) is 25.2.